The van der Waals surface area contributed by atoms with Crippen LogP contribution in [0.3, 0.4) is 0 Å². The molecule has 0 radical (unpaired) electrons. The Kier molecular flexibility index (Phi) is 3.54. The van der Waals surface area contributed by atoms with Crippen molar-refractivity contribution in [3.05, 3.63) is 65.3 Å². The van der Waals surface area contributed by atoms with Crippen molar-refractivity contribution < 1.29 is 4.74 Å². The van der Waals surface area contributed by atoms with Gasteiger partial charge < -0.3 is 10.5 Å². The smallest absolute Gasteiger partial charge is 0.219 e. The maximum absolute atomic E-state index is 6.00. The van der Waals surface area contributed by atoms with Gasteiger partial charge >= 0.3 is 0 Å². The first kappa shape index (κ1) is 12.9. The number of pyridine rings is 1. The third kappa shape index (κ3) is 2.46. The van der Waals surface area contributed by atoms with E-state index in [4.69, 9.17) is 22.1 Å². The van der Waals surface area contributed by atoms with Gasteiger partial charge in [-0.1, -0.05) is 48.0 Å². The predicted molar refractivity (Wildman–Crippen MR) is 81.2 cm³/mol. The Hall–Kier alpha value is -2.10. The maximum Gasteiger partial charge on any atom is 0.219 e. The monoisotopic (exact) mass is 284 g/mol. The standard InChI is InChI=1S/C16H13ClN2O/c17-14-10-19-16(8-12(14)9-18)20-15-7-3-5-11-4-1-2-6-13(11)15/h1-8,10H,9,18H2. The number of rotatable bonds is 3. The number of benzene rings is 2. The number of hydrogen-bond acceptors (Lipinski definition) is 3. The molecule has 20 heavy (non-hydrogen) atoms. The number of hydrogen-bond donors (Lipinski definition) is 1. The fourth-order valence-electron chi connectivity index (χ4n) is 2.07. The molecule has 0 aliphatic rings. The largest absolute Gasteiger partial charge is 0.438 e. The molecule has 0 amide bonds. The van der Waals surface area contributed by atoms with Crippen LogP contribution >= 0.6 is 11.6 Å². The van der Waals surface area contributed by atoms with E-state index >= 15 is 0 Å². The molecule has 0 fully saturated rings. The van der Waals surface area contributed by atoms with Gasteiger partial charge in [-0.25, -0.2) is 4.98 Å². The molecule has 0 saturated heterocycles. The lowest BCUT2D eigenvalue weighted by Gasteiger charge is -2.09. The third-order valence-corrected chi connectivity index (χ3v) is 3.43. The van der Waals surface area contributed by atoms with Gasteiger partial charge in [0.25, 0.3) is 0 Å². The van der Waals surface area contributed by atoms with Crippen molar-refractivity contribution >= 4 is 22.4 Å². The summed E-state index contributed by atoms with van der Waals surface area (Å²) in [4.78, 5) is 4.18. The van der Waals surface area contributed by atoms with Crippen LogP contribution in [0.25, 0.3) is 10.8 Å². The average Bonchev–Trinajstić information content (AvgIpc) is 2.49. The van der Waals surface area contributed by atoms with E-state index in [2.05, 4.69) is 4.98 Å². The SMILES string of the molecule is NCc1cc(Oc2cccc3ccccc23)ncc1Cl. The summed E-state index contributed by atoms with van der Waals surface area (Å²) in [6.07, 6.45) is 1.56. The van der Waals surface area contributed by atoms with Crippen LogP contribution in [-0.2, 0) is 6.54 Å². The van der Waals surface area contributed by atoms with Crippen molar-refractivity contribution in [3.8, 4) is 11.6 Å². The Morgan fingerprint density at radius 2 is 1.90 bits per heavy atom. The van der Waals surface area contributed by atoms with Gasteiger partial charge in [0.1, 0.15) is 5.75 Å². The van der Waals surface area contributed by atoms with Gasteiger partial charge in [-0.2, -0.15) is 0 Å². The second-order valence-corrected chi connectivity index (χ2v) is 4.80. The van der Waals surface area contributed by atoms with E-state index in [1.165, 1.54) is 0 Å². The van der Waals surface area contributed by atoms with Gasteiger partial charge in [0, 0.05) is 24.2 Å². The number of nitrogens with two attached hydrogens (primary N) is 1. The van der Waals surface area contributed by atoms with E-state index in [1.807, 2.05) is 42.5 Å². The molecule has 0 saturated carbocycles. The van der Waals surface area contributed by atoms with E-state index in [-0.39, 0.29) is 0 Å². The molecular formula is C16H13ClN2O. The molecule has 2 N–H and O–H groups in total. The highest BCUT2D eigenvalue weighted by Gasteiger charge is 2.06. The molecule has 100 valence electrons. The maximum atomic E-state index is 6.00. The van der Waals surface area contributed by atoms with Gasteiger partial charge in [0.15, 0.2) is 0 Å². The molecule has 0 spiro atoms. The summed E-state index contributed by atoms with van der Waals surface area (Å²) >= 11 is 6.00. The molecule has 1 aromatic heterocycles. The number of halogens is 1. The molecule has 0 unspecified atom stereocenters. The quantitative estimate of drug-likeness (QED) is 0.786. The fraction of sp³-hybridized carbons (Fsp3) is 0.0625. The normalized spacial score (nSPS) is 10.7. The Balaban J connectivity index is 2.01. The lowest BCUT2D eigenvalue weighted by atomic mass is 10.1. The predicted octanol–water partition coefficient (Wildman–Crippen LogP) is 4.14. The number of nitrogens with zero attached hydrogens (tertiary/aromatic N) is 1. The van der Waals surface area contributed by atoms with Crippen LogP contribution in [0.5, 0.6) is 11.6 Å². The van der Waals surface area contributed by atoms with E-state index in [0.29, 0.717) is 17.4 Å². The summed E-state index contributed by atoms with van der Waals surface area (Å²) in [6.45, 7) is 0.354. The summed E-state index contributed by atoms with van der Waals surface area (Å²) in [7, 11) is 0. The molecule has 3 rings (SSSR count). The third-order valence-electron chi connectivity index (χ3n) is 3.09. The van der Waals surface area contributed by atoms with Gasteiger partial charge in [-0.15, -0.1) is 0 Å². The summed E-state index contributed by atoms with van der Waals surface area (Å²) in [6, 6.07) is 15.7. The number of ether oxygens (including phenoxy) is 1. The van der Waals surface area contributed by atoms with Gasteiger partial charge in [-0.3, -0.25) is 0 Å². The topological polar surface area (TPSA) is 48.1 Å². The Morgan fingerprint density at radius 3 is 2.75 bits per heavy atom. The van der Waals surface area contributed by atoms with Crippen LogP contribution in [0.1, 0.15) is 5.56 Å². The van der Waals surface area contributed by atoms with Crippen LogP contribution < -0.4 is 10.5 Å². The zero-order valence-corrected chi connectivity index (χ0v) is 11.5. The summed E-state index contributed by atoms with van der Waals surface area (Å²) in [5.74, 6) is 1.26. The molecule has 1 heterocycles. The van der Waals surface area contributed by atoms with Crippen LogP contribution in [0.2, 0.25) is 5.02 Å². The lowest BCUT2D eigenvalue weighted by molar-refractivity contribution is 0.467. The molecule has 0 atom stereocenters. The highest BCUT2D eigenvalue weighted by Crippen LogP contribution is 2.30. The number of fused-ring (bicyclic) bond motifs is 1. The first-order chi connectivity index (χ1) is 9.78. The van der Waals surface area contributed by atoms with Gasteiger partial charge in [0.05, 0.1) is 5.02 Å². The first-order valence-electron chi connectivity index (χ1n) is 6.28. The summed E-state index contributed by atoms with van der Waals surface area (Å²) in [5.41, 5.74) is 6.45. The van der Waals surface area contributed by atoms with Gasteiger partial charge in [-0.05, 0) is 17.0 Å². The molecule has 4 heteroatoms. The van der Waals surface area contributed by atoms with Gasteiger partial charge in [0.2, 0.25) is 5.88 Å². The minimum atomic E-state index is 0.354. The van der Waals surface area contributed by atoms with E-state index in [0.717, 1.165) is 22.1 Å². The van der Waals surface area contributed by atoms with E-state index in [1.54, 1.807) is 12.3 Å². The molecule has 2 aromatic carbocycles. The van der Waals surface area contributed by atoms with Crippen LogP contribution in [0.15, 0.2) is 54.7 Å². The van der Waals surface area contributed by atoms with E-state index < -0.39 is 0 Å². The van der Waals surface area contributed by atoms with Crippen molar-refractivity contribution in [2.24, 2.45) is 5.73 Å². The second kappa shape index (κ2) is 5.49. The molecular weight excluding hydrogens is 272 g/mol. The molecule has 3 aromatic rings. The Labute approximate surface area is 122 Å². The summed E-state index contributed by atoms with van der Waals surface area (Å²) in [5, 5.41) is 2.72. The molecule has 3 nitrogen and oxygen atoms in total. The van der Waals surface area contributed by atoms with Crippen LogP contribution in [0, 0.1) is 0 Å². The Morgan fingerprint density at radius 1 is 1.10 bits per heavy atom. The van der Waals surface area contributed by atoms with E-state index in [9.17, 15) is 0 Å². The zero-order valence-electron chi connectivity index (χ0n) is 10.7. The number of aromatic nitrogens is 1. The zero-order chi connectivity index (χ0) is 13.9. The highest BCUT2D eigenvalue weighted by molar-refractivity contribution is 6.31. The molecule has 0 bridgehead atoms. The van der Waals surface area contributed by atoms with Crippen LogP contribution in [0.4, 0.5) is 0 Å². The molecule has 0 aliphatic carbocycles. The van der Waals surface area contributed by atoms with Crippen molar-refractivity contribution in [3.63, 3.8) is 0 Å². The first-order valence-corrected chi connectivity index (χ1v) is 6.66. The van der Waals surface area contributed by atoms with Crippen molar-refractivity contribution in [2.45, 2.75) is 6.54 Å². The lowest BCUT2D eigenvalue weighted by Crippen LogP contribution is -1.99. The minimum Gasteiger partial charge on any atom is -0.438 e. The van der Waals surface area contributed by atoms with Crippen molar-refractivity contribution in [1.82, 2.24) is 4.98 Å². The van der Waals surface area contributed by atoms with Crippen molar-refractivity contribution in [2.75, 3.05) is 0 Å². The highest BCUT2D eigenvalue weighted by atomic mass is 35.5. The Bertz CT molecular complexity index is 753. The summed E-state index contributed by atoms with van der Waals surface area (Å²) < 4.78 is 5.86. The van der Waals surface area contributed by atoms with Crippen LogP contribution in [-0.4, -0.2) is 4.98 Å². The average molecular weight is 285 g/mol. The fourth-order valence-corrected chi connectivity index (χ4v) is 2.25. The van der Waals surface area contributed by atoms with Crippen molar-refractivity contribution in [1.29, 1.82) is 0 Å². The molecule has 0 aliphatic heterocycles. The second-order valence-electron chi connectivity index (χ2n) is 4.40. The minimum absolute atomic E-state index is 0.354.